The lowest BCUT2D eigenvalue weighted by Gasteiger charge is -2.12. The Bertz CT molecular complexity index is 492. The van der Waals surface area contributed by atoms with Crippen LogP contribution in [0.5, 0.6) is 5.75 Å². The topological polar surface area (TPSA) is 72.8 Å². The van der Waals surface area contributed by atoms with Gasteiger partial charge in [0.15, 0.2) is 0 Å². The van der Waals surface area contributed by atoms with E-state index in [9.17, 15) is 9.59 Å². The second kappa shape index (κ2) is 8.15. The Morgan fingerprint density at radius 1 is 1.26 bits per heavy atom. The average molecular weight is 508 g/mol. The number of carbonyl (C=O) groups excluding carboxylic acids is 1. The minimum absolute atomic E-state index is 0.00143. The van der Waals surface area contributed by atoms with Crippen molar-refractivity contribution in [2.75, 3.05) is 19.0 Å². The Balaban J connectivity index is 2.72. The molecule has 0 aliphatic heterocycles. The van der Waals surface area contributed by atoms with Crippen LogP contribution in [0.2, 0.25) is 0 Å². The monoisotopic (exact) mass is 508 g/mol. The molecule has 0 bridgehead atoms. The zero-order valence-electron chi connectivity index (χ0n) is 9.56. The summed E-state index contributed by atoms with van der Waals surface area (Å²) in [5.41, 5.74) is 0.0943. The maximum Gasteiger partial charge on any atom is 0.339 e. The fourth-order valence-electron chi connectivity index (χ4n) is 1.21. The molecule has 0 radical (unpaired) electrons. The SMILES string of the molecule is O=C(CS)OCCOc1c(I)cc(I)cc1C(=O)O. The number of carboxylic acids is 1. The maximum absolute atomic E-state index is 11.1. The van der Waals surface area contributed by atoms with E-state index in [1.807, 2.05) is 51.2 Å². The highest BCUT2D eigenvalue weighted by atomic mass is 127. The van der Waals surface area contributed by atoms with E-state index >= 15 is 0 Å². The Morgan fingerprint density at radius 2 is 1.95 bits per heavy atom. The molecule has 1 aromatic rings. The van der Waals surface area contributed by atoms with Crippen LogP contribution in [0, 0.1) is 7.14 Å². The number of esters is 1. The van der Waals surface area contributed by atoms with E-state index < -0.39 is 11.9 Å². The minimum atomic E-state index is -1.06. The van der Waals surface area contributed by atoms with Crippen molar-refractivity contribution in [1.82, 2.24) is 0 Å². The van der Waals surface area contributed by atoms with Crippen LogP contribution in [0.1, 0.15) is 10.4 Å². The lowest BCUT2D eigenvalue weighted by Crippen LogP contribution is -2.14. The van der Waals surface area contributed by atoms with Gasteiger partial charge >= 0.3 is 11.9 Å². The highest BCUT2D eigenvalue weighted by Gasteiger charge is 2.16. The van der Waals surface area contributed by atoms with Gasteiger partial charge in [-0.25, -0.2) is 4.79 Å². The summed E-state index contributed by atoms with van der Waals surface area (Å²) in [6.45, 7) is 0.150. The van der Waals surface area contributed by atoms with Gasteiger partial charge in [-0.1, -0.05) is 0 Å². The predicted octanol–water partition coefficient (Wildman–Crippen LogP) is 2.45. The van der Waals surface area contributed by atoms with Gasteiger partial charge in [0.1, 0.15) is 24.5 Å². The van der Waals surface area contributed by atoms with Crippen LogP contribution in [-0.4, -0.2) is 36.0 Å². The molecule has 0 aliphatic rings. The largest absolute Gasteiger partial charge is 0.488 e. The number of hydrogen-bond donors (Lipinski definition) is 2. The van der Waals surface area contributed by atoms with Crippen LogP contribution in [-0.2, 0) is 9.53 Å². The number of carbonyl (C=O) groups is 2. The average Bonchev–Trinajstić information content (AvgIpc) is 2.35. The van der Waals surface area contributed by atoms with Crippen molar-refractivity contribution < 1.29 is 24.2 Å². The van der Waals surface area contributed by atoms with E-state index in [2.05, 4.69) is 12.6 Å². The van der Waals surface area contributed by atoms with Gasteiger partial charge in [-0.2, -0.15) is 12.6 Å². The highest BCUT2D eigenvalue weighted by Crippen LogP contribution is 2.28. The Labute approximate surface area is 142 Å². The molecule has 0 saturated heterocycles. The van der Waals surface area contributed by atoms with Crippen molar-refractivity contribution in [2.24, 2.45) is 0 Å². The number of aromatic carboxylic acids is 1. The zero-order valence-corrected chi connectivity index (χ0v) is 14.8. The molecular formula is C11H10I2O5S. The van der Waals surface area contributed by atoms with Crippen molar-refractivity contribution in [2.45, 2.75) is 0 Å². The Kier molecular flexibility index (Phi) is 7.21. The molecule has 0 amide bonds. The molecule has 0 fully saturated rings. The zero-order chi connectivity index (χ0) is 14.4. The summed E-state index contributed by atoms with van der Waals surface area (Å²) in [7, 11) is 0. The molecule has 0 saturated carbocycles. The fraction of sp³-hybridized carbons (Fsp3) is 0.273. The van der Waals surface area contributed by atoms with Crippen LogP contribution < -0.4 is 4.74 Å². The van der Waals surface area contributed by atoms with Crippen molar-refractivity contribution >= 4 is 69.7 Å². The third-order valence-electron chi connectivity index (χ3n) is 1.96. The molecule has 0 aromatic heterocycles. The quantitative estimate of drug-likeness (QED) is 0.268. The predicted molar refractivity (Wildman–Crippen MR) is 89.1 cm³/mol. The summed E-state index contributed by atoms with van der Waals surface area (Å²) in [6.07, 6.45) is 0. The summed E-state index contributed by atoms with van der Waals surface area (Å²) < 4.78 is 11.7. The second-order valence-electron chi connectivity index (χ2n) is 3.30. The summed E-state index contributed by atoms with van der Waals surface area (Å²) in [5.74, 6) is -1.21. The summed E-state index contributed by atoms with van der Waals surface area (Å²) in [4.78, 5) is 22.0. The fourth-order valence-corrected chi connectivity index (χ4v) is 3.30. The van der Waals surface area contributed by atoms with Crippen molar-refractivity contribution in [3.8, 4) is 5.75 Å². The first-order valence-corrected chi connectivity index (χ1v) is 7.86. The normalized spacial score (nSPS) is 10.1. The van der Waals surface area contributed by atoms with Gasteiger partial charge in [-0.3, -0.25) is 4.79 Å². The number of carboxylic acid groups (broad SMARTS) is 1. The van der Waals surface area contributed by atoms with Crippen molar-refractivity contribution in [1.29, 1.82) is 0 Å². The molecule has 0 unspecified atom stereocenters. The molecule has 1 N–H and O–H groups in total. The van der Waals surface area contributed by atoms with E-state index in [-0.39, 0.29) is 30.3 Å². The van der Waals surface area contributed by atoms with Crippen molar-refractivity contribution in [3.63, 3.8) is 0 Å². The standard InChI is InChI=1S/C11H10I2O5S/c12-6-3-7(11(15)16)10(8(13)4-6)18-2-1-17-9(14)5-19/h3-4,19H,1-2,5H2,(H,15,16). The number of thiol groups is 1. The van der Waals surface area contributed by atoms with Crippen LogP contribution in [0.4, 0.5) is 0 Å². The van der Waals surface area contributed by atoms with Gasteiger partial charge in [0.2, 0.25) is 0 Å². The lowest BCUT2D eigenvalue weighted by molar-refractivity contribution is -0.141. The van der Waals surface area contributed by atoms with E-state index in [4.69, 9.17) is 14.6 Å². The molecule has 8 heteroatoms. The molecule has 0 aliphatic carbocycles. The summed E-state index contributed by atoms with van der Waals surface area (Å²) in [6, 6.07) is 3.34. The van der Waals surface area contributed by atoms with Gasteiger partial charge in [-0.15, -0.1) is 0 Å². The third-order valence-corrected chi connectivity index (χ3v) is 3.64. The molecule has 1 rings (SSSR count). The number of rotatable bonds is 6. The van der Waals surface area contributed by atoms with Gasteiger partial charge in [0.25, 0.3) is 0 Å². The molecule has 0 heterocycles. The van der Waals surface area contributed by atoms with Gasteiger partial charge < -0.3 is 14.6 Å². The Hall–Kier alpha value is -0.230. The number of benzene rings is 1. The molecule has 0 atom stereocenters. The molecule has 5 nitrogen and oxygen atoms in total. The first kappa shape index (κ1) is 16.8. The van der Waals surface area contributed by atoms with Crippen LogP contribution >= 0.6 is 57.8 Å². The molecule has 1 aromatic carbocycles. The lowest BCUT2D eigenvalue weighted by atomic mass is 10.2. The van der Waals surface area contributed by atoms with E-state index in [1.165, 1.54) is 6.07 Å². The first-order chi connectivity index (χ1) is 8.95. The van der Waals surface area contributed by atoms with E-state index in [0.717, 1.165) is 3.57 Å². The molecule has 0 spiro atoms. The van der Waals surface area contributed by atoms with Gasteiger partial charge in [0.05, 0.1) is 9.32 Å². The molecule has 104 valence electrons. The van der Waals surface area contributed by atoms with Crippen LogP contribution in [0.3, 0.4) is 0 Å². The second-order valence-corrected chi connectivity index (χ2v) is 6.02. The number of ether oxygens (including phenoxy) is 2. The highest BCUT2D eigenvalue weighted by molar-refractivity contribution is 14.1. The van der Waals surface area contributed by atoms with Crippen LogP contribution in [0.15, 0.2) is 12.1 Å². The van der Waals surface area contributed by atoms with E-state index in [0.29, 0.717) is 3.57 Å². The number of halogens is 2. The first-order valence-electron chi connectivity index (χ1n) is 5.07. The van der Waals surface area contributed by atoms with Crippen molar-refractivity contribution in [3.05, 3.63) is 24.8 Å². The Morgan fingerprint density at radius 3 is 2.53 bits per heavy atom. The minimum Gasteiger partial charge on any atom is -0.488 e. The number of hydrogen-bond acceptors (Lipinski definition) is 5. The maximum atomic E-state index is 11.1. The van der Waals surface area contributed by atoms with Crippen LogP contribution in [0.25, 0.3) is 0 Å². The third kappa shape index (κ3) is 5.34. The molecular weight excluding hydrogens is 498 g/mol. The summed E-state index contributed by atoms with van der Waals surface area (Å²) in [5, 5.41) is 9.12. The molecule has 19 heavy (non-hydrogen) atoms. The van der Waals surface area contributed by atoms with Gasteiger partial charge in [0, 0.05) is 3.57 Å². The smallest absolute Gasteiger partial charge is 0.339 e. The summed E-state index contributed by atoms with van der Waals surface area (Å²) >= 11 is 7.81. The van der Waals surface area contributed by atoms with E-state index in [1.54, 1.807) is 0 Å². The van der Waals surface area contributed by atoms with Gasteiger partial charge in [-0.05, 0) is 57.3 Å².